The van der Waals surface area contributed by atoms with Gasteiger partial charge in [-0.1, -0.05) is 6.07 Å². The van der Waals surface area contributed by atoms with Gasteiger partial charge in [0, 0.05) is 17.8 Å². The van der Waals surface area contributed by atoms with Crippen LogP contribution in [-0.4, -0.2) is 20.7 Å². The molecule has 0 atom stereocenters. The number of carbonyl (C=O) groups excluding carboxylic acids is 1. The summed E-state index contributed by atoms with van der Waals surface area (Å²) in [4.78, 5) is 12.3. The highest BCUT2D eigenvalue weighted by Crippen LogP contribution is 2.39. The molecule has 1 aliphatic rings. The predicted octanol–water partition coefficient (Wildman–Crippen LogP) is 3.50. The fraction of sp³-hybridized carbons (Fsp3) is 0.278. The van der Waals surface area contributed by atoms with Crippen molar-refractivity contribution >= 4 is 11.6 Å². The fourth-order valence-corrected chi connectivity index (χ4v) is 2.61. The molecule has 1 aromatic carbocycles. The van der Waals surface area contributed by atoms with Gasteiger partial charge in [0.15, 0.2) is 0 Å². The Balaban J connectivity index is 1.48. The number of nitrogens with one attached hydrogen (secondary N) is 1. The molecule has 1 amide bonds. The summed E-state index contributed by atoms with van der Waals surface area (Å²) in [6.45, 7) is 1.74. The molecule has 0 bridgehead atoms. The van der Waals surface area contributed by atoms with E-state index < -0.39 is 0 Å². The molecule has 4 rings (SSSR count). The number of benzene rings is 1. The normalized spacial score (nSPS) is 13.8. The molecular weight excluding hydrogens is 323 g/mol. The summed E-state index contributed by atoms with van der Waals surface area (Å²) >= 11 is 0. The molecule has 0 saturated heterocycles. The lowest BCUT2D eigenvalue weighted by molar-refractivity contribution is -0.116. The van der Waals surface area contributed by atoms with Crippen LogP contribution < -0.4 is 5.32 Å². The Bertz CT molecular complexity index is 927. The van der Waals surface area contributed by atoms with Crippen molar-refractivity contribution in [3.05, 3.63) is 53.8 Å². The number of carbonyl (C=O) groups is 1. The quantitative estimate of drug-likeness (QED) is 0.771. The van der Waals surface area contributed by atoms with Crippen LogP contribution in [0.25, 0.3) is 11.6 Å². The maximum atomic E-state index is 13.6. The molecule has 3 aromatic rings. The zero-order valence-corrected chi connectivity index (χ0v) is 13.7. The summed E-state index contributed by atoms with van der Waals surface area (Å²) in [5.41, 5.74) is 1.65. The smallest absolute Gasteiger partial charge is 0.264 e. The summed E-state index contributed by atoms with van der Waals surface area (Å²) in [7, 11) is 0. The molecular formula is C18H17FN4O2. The van der Waals surface area contributed by atoms with Crippen molar-refractivity contribution < 1.29 is 13.6 Å². The molecule has 128 valence electrons. The third kappa shape index (κ3) is 3.31. The average Bonchev–Trinajstić information content (AvgIpc) is 3.13. The fourth-order valence-electron chi connectivity index (χ4n) is 2.61. The van der Waals surface area contributed by atoms with Crippen LogP contribution in [0.15, 0.2) is 40.9 Å². The van der Waals surface area contributed by atoms with Gasteiger partial charge in [0.05, 0.1) is 0 Å². The second-order valence-corrected chi connectivity index (χ2v) is 6.25. The molecule has 0 spiro atoms. The third-order valence-electron chi connectivity index (χ3n) is 4.19. The molecule has 25 heavy (non-hydrogen) atoms. The minimum Gasteiger partial charge on any atom is -0.419 e. The topological polar surface area (TPSA) is 73.0 Å². The molecule has 2 aromatic heterocycles. The zero-order chi connectivity index (χ0) is 17.4. The Morgan fingerprint density at radius 1 is 1.36 bits per heavy atom. The van der Waals surface area contributed by atoms with Crippen molar-refractivity contribution in [3.8, 4) is 11.6 Å². The van der Waals surface area contributed by atoms with E-state index in [4.69, 9.17) is 4.42 Å². The molecule has 2 heterocycles. The first-order valence-corrected chi connectivity index (χ1v) is 8.15. The lowest BCUT2D eigenvalue weighted by atomic mass is 10.2. The summed E-state index contributed by atoms with van der Waals surface area (Å²) in [5.74, 6) is 0.827. The van der Waals surface area contributed by atoms with E-state index in [1.54, 1.807) is 29.8 Å². The van der Waals surface area contributed by atoms with Crippen LogP contribution in [0, 0.1) is 12.7 Å². The maximum absolute atomic E-state index is 13.6. The first-order chi connectivity index (χ1) is 12.1. The van der Waals surface area contributed by atoms with Gasteiger partial charge in [-0.3, -0.25) is 4.79 Å². The largest absolute Gasteiger partial charge is 0.419 e. The minimum absolute atomic E-state index is 0.0684. The second kappa shape index (κ2) is 6.16. The number of rotatable bonds is 5. The Labute approximate surface area is 143 Å². The Kier molecular flexibility index (Phi) is 3.83. The van der Waals surface area contributed by atoms with Crippen LogP contribution in [0.2, 0.25) is 0 Å². The number of halogens is 1. The Morgan fingerprint density at radius 3 is 2.96 bits per heavy atom. The van der Waals surface area contributed by atoms with Gasteiger partial charge in [0.25, 0.3) is 5.89 Å². The lowest BCUT2D eigenvalue weighted by Crippen LogP contribution is -2.19. The van der Waals surface area contributed by atoms with Gasteiger partial charge in [-0.25, -0.2) is 4.39 Å². The van der Waals surface area contributed by atoms with Crippen LogP contribution in [0.5, 0.6) is 0 Å². The van der Waals surface area contributed by atoms with Crippen molar-refractivity contribution in [2.24, 2.45) is 0 Å². The van der Waals surface area contributed by atoms with E-state index in [-0.39, 0.29) is 18.3 Å². The minimum atomic E-state index is -0.349. The number of aromatic nitrogens is 3. The van der Waals surface area contributed by atoms with Gasteiger partial charge in [-0.15, -0.1) is 10.2 Å². The van der Waals surface area contributed by atoms with Gasteiger partial charge in [0.2, 0.25) is 11.8 Å². The van der Waals surface area contributed by atoms with E-state index in [1.807, 2.05) is 12.1 Å². The number of hydrogen-bond acceptors (Lipinski definition) is 4. The van der Waals surface area contributed by atoms with Gasteiger partial charge in [-0.2, -0.15) is 0 Å². The average molecular weight is 340 g/mol. The molecule has 0 unspecified atom stereocenters. The molecule has 1 saturated carbocycles. The molecule has 7 heteroatoms. The maximum Gasteiger partial charge on any atom is 0.264 e. The summed E-state index contributed by atoms with van der Waals surface area (Å²) < 4.78 is 21.0. The molecule has 0 aliphatic heterocycles. The zero-order valence-electron chi connectivity index (χ0n) is 13.7. The van der Waals surface area contributed by atoms with Crippen molar-refractivity contribution in [1.82, 2.24) is 14.8 Å². The summed E-state index contributed by atoms with van der Waals surface area (Å²) in [6, 6.07) is 8.25. The van der Waals surface area contributed by atoms with Gasteiger partial charge < -0.3 is 14.3 Å². The highest BCUT2D eigenvalue weighted by molar-refractivity contribution is 5.90. The van der Waals surface area contributed by atoms with E-state index >= 15 is 0 Å². The van der Waals surface area contributed by atoms with Gasteiger partial charge >= 0.3 is 0 Å². The SMILES string of the molecule is Cc1ccc(NC(=O)Cn2cccc2-c2nnc(C3CC3)o2)cc1F. The number of amides is 1. The molecule has 1 fully saturated rings. The first kappa shape index (κ1) is 15.6. The highest BCUT2D eigenvalue weighted by atomic mass is 19.1. The van der Waals surface area contributed by atoms with Crippen LogP contribution in [0.4, 0.5) is 10.1 Å². The number of nitrogens with zero attached hydrogens (tertiary/aromatic N) is 3. The highest BCUT2D eigenvalue weighted by Gasteiger charge is 2.30. The van der Waals surface area contributed by atoms with Crippen LogP contribution >= 0.6 is 0 Å². The molecule has 1 aliphatic carbocycles. The molecule has 1 N–H and O–H groups in total. The monoisotopic (exact) mass is 340 g/mol. The van der Waals surface area contributed by atoms with Crippen molar-refractivity contribution in [3.63, 3.8) is 0 Å². The predicted molar refractivity (Wildman–Crippen MR) is 89.5 cm³/mol. The number of hydrogen-bond donors (Lipinski definition) is 1. The number of aryl methyl sites for hydroxylation is 1. The lowest BCUT2D eigenvalue weighted by Gasteiger charge is -2.09. The van der Waals surface area contributed by atoms with Gasteiger partial charge in [0.1, 0.15) is 18.1 Å². The number of anilines is 1. The second-order valence-electron chi connectivity index (χ2n) is 6.25. The van der Waals surface area contributed by atoms with Crippen molar-refractivity contribution in [2.45, 2.75) is 32.2 Å². The van der Waals surface area contributed by atoms with Crippen molar-refractivity contribution in [2.75, 3.05) is 5.32 Å². The Hall–Kier alpha value is -2.96. The van der Waals surface area contributed by atoms with E-state index in [1.165, 1.54) is 6.07 Å². The van der Waals surface area contributed by atoms with E-state index in [0.29, 0.717) is 34.6 Å². The molecule has 0 radical (unpaired) electrons. The van der Waals surface area contributed by atoms with Crippen LogP contribution in [0.3, 0.4) is 0 Å². The van der Waals surface area contributed by atoms with Gasteiger partial charge in [-0.05, 0) is 49.6 Å². The Morgan fingerprint density at radius 2 is 2.20 bits per heavy atom. The third-order valence-corrected chi connectivity index (χ3v) is 4.19. The summed E-state index contributed by atoms with van der Waals surface area (Å²) in [5, 5.41) is 10.8. The van der Waals surface area contributed by atoms with E-state index in [9.17, 15) is 9.18 Å². The molecule has 6 nitrogen and oxygen atoms in total. The standard InChI is InChI=1S/C18H17FN4O2/c1-11-4-7-13(9-14(11)19)20-16(24)10-23-8-2-3-15(23)18-22-21-17(25-18)12-5-6-12/h2-4,7-9,12H,5-6,10H2,1H3,(H,20,24). The first-order valence-electron chi connectivity index (χ1n) is 8.15. The van der Waals surface area contributed by atoms with Crippen molar-refractivity contribution in [1.29, 1.82) is 0 Å². The van der Waals surface area contributed by atoms with Crippen LogP contribution in [0.1, 0.15) is 30.2 Å². The van der Waals surface area contributed by atoms with E-state index in [0.717, 1.165) is 12.8 Å². The summed E-state index contributed by atoms with van der Waals surface area (Å²) in [6.07, 6.45) is 3.93. The van der Waals surface area contributed by atoms with E-state index in [2.05, 4.69) is 15.5 Å². The van der Waals surface area contributed by atoms with Crippen LogP contribution in [-0.2, 0) is 11.3 Å².